The smallest absolute Gasteiger partial charge is 0.156 e. The lowest BCUT2D eigenvalue weighted by Gasteiger charge is -2.21. The molecule has 1 heterocycles. The maximum Gasteiger partial charge on any atom is 0.156 e. The Kier molecular flexibility index (Phi) is 10.2. The van der Waals surface area contributed by atoms with E-state index in [4.69, 9.17) is 9.98 Å². The summed E-state index contributed by atoms with van der Waals surface area (Å²) in [6.45, 7) is 10.9. The fourth-order valence-corrected chi connectivity index (χ4v) is 9.38. The summed E-state index contributed by atoms with van der Waals surface area (Å²) in [6.07, 6.45) is 1.90. The quantitative estimate of drug-likeness (QED) is 0.0791. The molecule has 10 rings (SSSR count). The van der Waals surface area contributed by atoms with Gasteiger partial charge in [0.15, 0.2) is 5.84 Å². The van der Waals surface area contributed by atoms with Gasteiger partial charge in [-0.1, -0.05) is 183 Å². The number of aryl methyl sites for hydroxylation is 1. The van der Waals surface area contributed by atoms with Crippen LogP contribution in [0.1, 0.15) is 59.2 Å². The summed E-state index contributed by atoms with van der Waals surface area (Å²) in [6, 6.07) is 71.5. The molecule has 1 aromatic heterocycles. The first-order valence-electron chi connectivity index (χ1n) is 21.5. The zero-order valence-corrected chi connectivity index (χ0v) is 35.3. The molecule has 0 bridgehead atoms. The molecule has 0 spiro atoms. The Hall–Kier alpha value is -7.62. The molecule has 9 aromatic carbocycles. The van der Waals surface area contributed by atoms with E-state index in [2.05, 4.69) is 208 Å². The number of aromatic nitrogens is 1. The predicted molar refractivity (Wildman–Crippen MR) is 264 cm³/mol. The van der Waals surface area contributed by atoms with Gasteiger partial charge < -0.3 is 4.57 Å². The number of aliphatic imine (C=N–C) groups is 2. The summed E-state index contributed by atoms with van der Waals surface area (Å²) < 4.78 is 2.43. The standard InChI is InChI=1S/C59H47N3/c1-5-55(44-24-11-7-12-25-44)61-59(60-41(4)42-21-9-6-10-22-42)52-34-20-32-49-47(31-19-33-51(49)52)40(3)46-28-17-18-30-50(46)53-38-54-57(37-39(53)2)62(45-26-13-8-14-27-45)56-36-35-43-23-15-16-29-48(43)58(54)56/h5-38,40,55H,1H2,2-4H3/t40-,55?/m1/s1. The minimum atomic E-state index is -0.261. The fourth-order valence-electron chi connectivity index (χ4n) is 9.38. The van der Waals surface area contributed by atoms with Gasteiger partial charge in [-0.25, -0.2) is 4.99 Å². The maximum absolute atomic E-state index is 5.34. The molecular weight excluding hydrogens is 751 g/mol. The number of hydrogen-bond acceptors (Lipinski definition) is 1. The van der Waals surface area contributed by atoms with E-state index in [0.717, 1.165) is 33.5 Å². The van der Waals surface area contributed by atoms with Crippen LogP contribution < -0.4 is 0 Å². The molecule has 0 saturated carbocycles. The highest BCUT2D eigenvalue weighted by atomic mass is 15.0. The van der Waals surface area contributed by atoms with E-state index in [1.54, 1.807) is 0 Å². The van der Waals surface area contributed by atoms with Crippen LogP contribution in [0, 0.1) is 6.92 Å². The minimum Gasteiger partial charge on any atom is -0.309 e. The van der Waals surface area contributed by atoms with Crippen molar-refractivity contribution in [2.24, 2.45) is 9.98 Å². The van der Waals surface area contributed by atoms with Crippen LogP contribution >= 0.6 is 0 Å². The van der Waals surface area contributed by atoms with E-state index in [9.17, 15) is 0 Å². The van der Waals surface area contributed by atoms with Crippen LogP contribution in [-0.4, -0.2) is 16.1 Å². The van der Waals surface area contributed by atoms with Gasteiger partial charge in [-0.05, 0) is 105 Å². The minimum absolute atomic E-state index is 0.0759. The highest BCUT2D eigenvalue weighted by Crippen LogP contribution is 2.43. The Morgan fingerprint density at radius 1 is 0.565 bits per heavy atom. The lowest BCUT2D eigenvalue weighted by molar-refractivity contribution is 0.912. The molecule has 62 heavy (non-hydrogen) atoms. The molecule has 0 aliphatic rings. The van der Waals surface area contributed by atoms with Crippen molar-refractivity contribution >= 4 is 54.9 Å². The zero-order valence-electron chi connectivity index (χ0n) is 35.3. The number of hydrogen-bond donors (Lipinski definition) is 0. The molecular formula is C59H47N3. The van der Waals surface area contributed by atoms with Gasteiger partial charge in [0.25, 0.3) is 0 Å². The van der Waals surface area contributed by atoms with Crippen LogP contribution in [-0.2, 0) is 0 Å². The molecule has 10 aromatic rings. The monoisotopic (exact) mass is 797 g/mol. The number of rotatable bonds is 9. The molecule has 0 fully saturated rings. The lowest BCUT2D eigenvalue weighted by atomic mass is 9.83. The van der Waals surface area contributed by atoms with Gasteiger partial charge >= 0.3 is 0 Å². The molecule has 2 atom stereocenters. The van der Waals surface area contributed by atoms with E-state index < -0.39 is 0 Å². The Balaban J connectivity index is 1.13. The third-order valence-electron chi connectivity index (χ3n) is 12.5. The number of para-hydroxylation sites is 1. The maximum atomic E-state index is 5.34. The molecule has 1 unspecified atom stereocenters. The van der Waals surface area contributed by atoms with Crippen molar-refractivity contribution in [1.82, 2.24) is 4.57 Å². The molecule has 0 aliphatic carbocycles. The van der Waals surface area contributed by atoms with Gasteiger partial charge in [-0.2, -0.15) is 0 Å². The molecule has 0 aliphatic heterocycles. The van der Waals surface area contributed by atoms with Crippen LogP contribution in [0.3, 0.4) is 0 Å². The number of benzene rings is 9. The third kappa shape index (κ3) is 6.92. The molecule has 3 nitrogen and oxygen atoms in total. The summed E-state index contributed by atoms with van der Waals surface area (Å²) in [5, 5.41) is 7.35. The lowest BCUT2D eigenvalue weighted by Crippen LogP contribution is -2.07. The Labute approximate surface area is 363 Å². The van der Waals surface area contributed by atoms with E-state index >= 15 is 0 Å². The van der Waals surface area contributed by atoms with Gasteiger partial charge in [0.2, 0.25) is 0 Å². The van der Waals surface area contributed by atoms with Gasteiger partial charge in [-0.15, -0.1) is 6.58 Å². The average molecular weight is 798 g/mol. The first-order valence-corrected chi connectivity index (χ1v) is 21.5. The van der Waals surface area contributed by atoms with E-state index in [1.165, 1.54) is 65.8 Å². The van der Waals surface area contributed by atoms with Gasteiger partial charge in [0.05, 0.1) is 17.1 Å². The SMILES string of the molecule is C=CC(N=C(N=C(C)c1ccccc1)c1cccc2c([C@H](C)c3ccccc3-c3cc4c5c6ccccc6ccc5n(-c5ccccc5)c4cc3C)cccc12)c1ccccc1. The Morgan fingerprint density at radius 2 is 1.21 bits per heavy atom. The first-order chi connectivity index (χ1) is 30.5. The van der Waals surface area contributed by atoms with Gasteiger partial charge in [0, 0.05) is 33.7 Å². The summed E-state index contributed by atoms with van der Waals surface area (Å²) in [5.74, 6) is 0.758. The number of fused-ring (bicyclic) bond motifs is 6. The molecule has 0 amide bonds. The van der Waals surface area contributed by atoms with Crippen LogP contribution in [0.5, 0.6) is 0 Å². The first kappa shape index (κ1) is 38.6. The summed E-state index contributed by atoms with van der Waals surface area (Å²) in [7, 11) is 0. The predicted octanol–water partition coefficient (Wildman–Crippen LogP) is 15.4. The van der Waals surface area contributed by atoms with Crippen LogP contribution in [0.2, 0.25) is 0 Å². The van der Waals surface area contributed by atoms with Crippen molar-refractivity contribution in [2.45, 2.75) is 32.7 Å². The summed E-state index contributed by atoms with van der Waals surface area (Å²) >= 11 is 0. The van der Waals surface area contributed by atoms with Gasteiger partial charge in [-0.3, -0.25) is 4.99 Å². The largest absolute Gasteiger partial charge is 0.309 e. The van der Waals surface area contributed by atoms with Crippen LogP contribution in [0.4, 0.5) is 0 Å². The van der Waals surface area contributed by atoms with E-state index in [1.807, 2.05) is 30.3 Å². The van der Waals surface area contributed by atoms with Crippen molar-refractivity contribution in [2.75, 3.05) is 0 Å². The second kappa shape index (κ2) is 16.4. The van der Waals surface area contributed by atoms with Crippen LogP contribution in [0.25, 0.3) is 60.2 Å². The van der Waals surface area contributed by atoms with Crippen molar-refractivity contribution in [1.29, 1.82) is 0 Å². The highest BCUT2D eigenvalue weighted by Gasteiger charge is 2.22. The molecule has 0 saturated heterocycles. The molecule has 3 heteroatoms. The van der Waals surface area contributed by atoms with Crippen molar-refractivity contribution < 1.29 is 0 Å². The third-order valence-corrected chi connectivity index (χ3v) is 12.5. The number of nitrogens with zero attached hydrogens (tertiary/aromatic N) is 3. The molecule has 0 radical (unpaired) electrons. The van der Waals surface area contributed by atoms with Crippen molar-refractivity contribution in [3.05, 3.63) is 246 Å². The zero-order chi connectivity index (χ0) is 42.2. The molecule has 0 N–H and O–H groups in total. The summed E-state index contributed by atoms with van der Waals surface area (Å²) in [4.78, 5) is 10.6. The highest BCUT2D eigenvalue weighted by molar-refractivity contribution is 6.22. The Bertz CT molecular complexity index is 3340. The second-order valence-electron chi connectivity index (χ2n) is 16.2. The van der Waals surface area contributed by atoms with Crippen molar-refractivity contribution in [3.63, 3.8) is 0 Å². The van der Waals surface area contributed by atoms with Crippen molar-refractivity contribution in [3.8, 4) is 16.8 Å². The average Bonchev–Trinajstić information content (AvgIpc) is 3.66. The Morgan fingerprint density at radius 3 is 2.00 bits per heavy atom. The van der Waals surface area contributed by atoms with Crippen LogP contribution in [0.15, 0.2) is 223 Å². The second-order valence-corrected chi connectivity index (χ2v) is 16.2. The summed E-state index contributed by atoms with van der Waals surface area (Å²) in [5.41, 5.74) is 13.9. The van der Waals surface area contributed by atoms with Gasteiger partial charge in [0.1, 0.15) is 0 Å². The molecule has 298 valence electrons. The fraction of sp³-hybridized carbons (Fsp3) is 0.0847. The van der Waals surface area contributed by atoms with E-state index in [0.29, 0.717) is 5.84 Å². The van der Waals surface area contributed by atoms with E-state index in [-0.39, 0.29) is 12.0 Å². The topological polar surface area (TPSA) is 29.6 Å². The number of amidine groups is 1. The normalized spacial score (nSPS) is 13.2.